The fourth-order valence-electron chi connectivity index (χ4n) is 4.59. The number of pyridine rings is 4. The molecule has 2 atom stereocenters. The van der Waals surface area contributed by atoms with E-state index in [4.69, 9.17) is 14.5 Å². The molecule has 1 unspecified atom stereocenters. The van der Waals surface area contributed by atoms with Gasteiger partial charge in [0.2, 0.25) is 5.88 Å². The van der Waals surface area contributed by atoms with Crippen molar-refractivity contribution in [3.8, 4) is 11.6 Å². The Morgan fingerprint density at radius 3 is 2.82 bits per heavy atom. The Bertz CT molecular complexity index is 1290. The van der Waals surface area contributed by atoms with Crippen LogP contribution in [-0.2, 0) is 13.0 Å². The van der Waals surface area contributed by atoms with Crippen LogP contribution in [-0.4, -0.2) is 40.2 Å². The molecule has 1 saturated carbocycles. The third kappa shape index (κ3) is 3.95. The van der Waals surface area contributed by atoms with Gasteiger partial charge in [-0.2, -0.15) is 0 Å². The Labute approximate surface area is 192 Å². The lowest BCUT2D eigenvalue weighted by atomic mass is 10.1. The number of fused-ring (bicyclic) bond motifs is 2. The highest BCUT2D eigenvalue weighted by Crippen LogP contribution is 2.47. The van der Waals surface area contributed by atoms with Crippen molar-refractivity contribution in [1.29, 1.82) is 0 Å². The van der Waals surface area contributed by atoms with Crippen LogP contribution in [0.25, 0.3) is 11.0 Å². The van der Waals surface area contributed by atoms with E-state index in [2.05, 4.69) is 32.0 Å². The van der Waals surface area contributed by atoms with Gasteiger partial charge >= 0.3 is 0 Å². The molecule has 6 rings (SSSR count). The summed E-state index contributed by atoms with van der Waals surface area (Å²) in [6.07, 6.45) is 7.44. The van der Waals surface area contributed by atoms with E-state index in [1.807, 2.05) is 36.5 Å². The van der Waals surface area contributed by atoms with Crippen LogP contribution in [0, 0.1) is 5.92 Å². The van der Waals surface area contributed by atoms with Crippen LogP contribution >= 0.6 is 0 Å². The second kappa shape index (κ2) is 8.31. The van der Waals surface area contributed by atoms with Crippen LogP contribution in [0.15, 0.2) is 61.1 Å². The summed E-state index contributed by atoms with van der Waals surface area (Å²) in [5, 5.41) is 0. The Balaban J connectivity index is 1.23. The zero-order valence-corrected chi connectivity index (χ0v) is 18.5. The summed E-state index contributed by atoms with van der Waals surface area (Å²) in [4.78, 5) is 20.8. The summed E-state index contributed by atoms with van der Waals surface area (Å²) in [6, 6.07) is 14.2. The van der Waals surface area contributed by atoms with E-state index >= 15 is 0 Å². The van der Waals surface area contributed by atoms with Gasteiger partial charge in [0.25, 0.3) is 0 Å². The molecular formula is C26H25N5O2. The fourth-order valence-corrected chi connectivity index (χ4v) is 4.59. The Hall–Kier alpha value is -3.74. The average molecular weight is 440 g/mol. The molecule has 5 heterocycles. The highest BCUT2D eigenvalue weighted by atomic mass is 16.5. The van der Waals surface area contributed by atoms with Crippen molar-refractivity contribution < 1.29 is 9.47 Å². The molecule has 2 aliphatic rings. The van der Waals surface area contributed by atoms with Gasteiger partial charge in [-0.25, -0.2) is 4.98 Å². The van der Waals surface area contributed by atoms with E-state index in [0.717, 1.165) is 54.1 Å². The molecule has 1 aliphatic heterocycles. The molecule has 0 radical (unpaired) electrons. The molecule has 0 N–H and O–H groups in total. The molecule has 33 heavy (non-hydrogen) atoms. The van der Waals surface area contributed by atoms with Gasteiger partial charge in [0.05, 0.1) is 30.9 Å². The van der Waals surface area contributed by atoms with Gasteiger partial charge in [-0.1, -0.05) is 6.07 Å². The Morgan fingerprint density at radius 2 is 1.94 bits per heavy atom. The minimum absolute atomic E-state index is 0.425. The normalized spacial score (nSPS) is 19.2. The van der Waals surface area contributed by atoms with Crippen molar-refractivity contribution in [1.82, 2.24) is 19.9 Å². The van der Waals surface area contributed by atoms with Crippen molar-refractivity contribution in [2.75, 3.05) is 25.2 Å². The fraction of sp³-hybridized carbons (Fsp3) is 0.308. The number of hydrogen-bond acceptors (Lipinski definition) is 7. The number of rotatable bonds is 6. The van der Waals surface area contributed by atoms with E-state index in [0.29, 0.717) is 24.3 Å². The molecule has 0 saturated heterocycles. The summed E-state index contributed by atoms with van der Waals surface area (Å²) in [5.74, 6) is 2.33. The average Bonchev–Trinajstić information content (AvgIpc) is 3.66. The summed E-state index contributed by atoms with van der Waals surface area (Å²) in [7, 11) is 1.66. The summed E-state index contributed by atoms with van der Waals surface area (Å²) in [6.45, 7) is 2.29. The topological polar surface area (TPSA) is 73.3 Å². The van der Waals surface area contributed by atoms with E-state index in [1.165, 1.54) is 11.3 Å². The van der Waals surface area contributed by atoms with Gasteiger partial charge in [0.1, 0.15) is 11.4 Å². The van der Waals surface area contributed by atoms with Crippen molar-refractivity contribution >= 4 is 16.7 Å². The first-order valence-electron chi connectivity index (χ1n) is 11.3. The molecule has 0 amide bonds. The number of nitrogens with zero attached hydrogens (tertiary/aromatic N) is 5. The highest BCUT2D eigenvalue weighted by molar-refractivity contribution is 5.80. The molecule has 0 aromatic carbocycles. The number of ether oxygens (including phenoxy) is 2. The summed E-state index contributed by atoms with van der Waals surface area (Å²) < 4.78 is 11.6. The number of aromatic nitrogens is 4. The van der Waals surface area contributed by atoms with Crippen LogP contribution in [0.2, 0.25) is 0 Å². The molecule has 7 heteroatoms. The lowest BCUT2D eigenvalue weighted by molar-refractivity contribution is 0.286. The second-order valence-corrected chi connectivity index (χ2v) is 8.67. The summed E-state index contributed by atoms with van der Waals surface area (Å²) in [5.41, 5.74) is 6.25. The van der Waals surface area contributed by atoms with Gasteiger partial charge in [0, 0.05) is 55.1 Å². The van der Waals surface area contributed by atoms with Gasteiger partial charge < -0.3 is 14.4 Å². The van der Waals surface area contributed by atoms with Gasteiger partial charge in [-0.05, 0) is 48.4 Å². The van der Waals surface area contributed by atoms with Crippen molar-refractivity contribution in [3.63, 3.8) is 0 Å². The molecule has 0 bridgehead atoms. The van der Waals surface area contributed by atoms with Crippen molar-refractivity contribution in [2.45, 2.75) is 25.3 Å². The molecular weight excluding hydrogens is 414 g/mol. The quantitative estimate of drug-likeness (QED) is 0.446. The number of hydrogen-bond donors (Lipinski definition) is 0. The van der Waals surface area contributed by atoms with Crippen LogP contribution < -0.4 is 14.4 Å². The Kier molecular flexibility index (Phi) is 5.02. The predicted molar refractivity (Wildman–Crippen MR) is 126 cm³/mol. The van der Waals surface area contributed by atoms with Crippen LogP contribution in [0.5, 0.6) is 11.6 Å². The smallest absolute Gasteiger partial charge is 0.238 e. The lowest BCUT2D eigenvalue weighted by Crippen LogP contribution is -2.31. The van der Waals surface area contributed by atoms with Crippen LogP contribution in [0.3, 0.4) is 0 Å². The zero-order chi connectivity index (χ0) is 22.2. The first-order valence-corrected chi connectivity index (χ1v) is 11.3. The third-order valence-corrected chi connectivity index (χ3v) is 6.57. The van der Waals surface area contributed by atoms with E-state index in [1.54, 1.807) is 19.5 Å². The molecule has 4 aromatic rings. The third-order valence-electron chi connectivity index (χ3n) is 6.57. The van der Waals surface area contributed by atoms with E-state index < -0.39 is 0 Å². The Morgan fingerprint density at radius 1 is 1.03 bits per heavy atom. The largest absolute Gasteiger partial charge is 0.495 e. The van der Waals surface area contributed by atoms with Gasteiger partial charge in [0.15, 0.2) is 0 Å². The van der Waals surface area contributed by atoms with Gasteiger partial charge in [-0.15, -0.1) is 0 Å². The maximum absolute atomic E-state index is 6.36. The monoisotopic (exact) mass is 439 g/mol. The standard InChI is InChI=1S/C26H25N5O2/c1-32-19-6-7-22(29-14-19)20-12-18(20)16-33-26-25(13-24-23(30-26)5-3-10-28-24)31-11-8-21-17(15-31)4-2-9-27-21/h2-7,9-10,13-14,18,20H,8,11-12,15-16H2,1H3/t18-,20?/m1/s1. The van der Waals surface area contributed by atoms with Crippen molar-refractivity contribution in [3.05, 3.63) is 78.0 Å². The second-order valence-electron chi connectivity index (χ2n) is 8.67. The summed E-state index contributed by atoms with van der Waals surface area (Å²) >= 11 is 0. The molecule has 0 spiro atoms. The molecule has 7 nitrogen and oxygen atoms in total. The van der Waals surface area contributed by atoms with Gasteiger partial charge in [-0.3, -0.25) is 15.0 Å². The predicted octanol–water partition coefficient (Wildman–Crippen LogP) is 4.17. The highest BCUT2D eigenvalue weighted by Gasteiger charge is 2.40. The molecule has 1 aliphatic carbocycles. The SMILES string of the molecule is COc1ccc(C2C[C@@H]2COc2nc3cccnc3cc2N2CCc3ncccc3C2)nc1. The van der Waals surface area contributed by atoms with E-state index in [-0.39, 0.29) is 0 Å². The van der Waals surface area contributed by atoms with Crippen molar-refractivity contribution in [2.24, 2.45) is 5.92 Å². The molecule has 4 aromatic heterocycles. The lowest BCUT2D eigenvalue weighted by Gasteiger charge is -2.31. The van der Waals surface area contributed by atoms with Crippen LogP contribution in [0.1, 0.15) is 29.3 Å². The minimum Gasteiger partial charge on any atom is -0.495 e. The zero-order valence-electron chi connectivity index (χ0n) is 18.5. The maximum atomic E-state index is 6.36. The number of methoxy groups -OCH3 is 1. The first kappa shape index (κ1) is 19.9. The maximum Gasteiger partial charge on any atom is 0.238 e. The number of anilines is 1. The molecule has 1 fully saturated rings. The van der Waals surface area contributed by atoms with E-state index in [9.17, 15) is 0 Å². The first-order chi connectivity index (χ1) is 16.3. The van der Waals surface area contributed by atoms with Crippen LogP contribution in [0.4, 0.5) is 5.69 Å². The molecule has 166 valence electrons. The minimum atomic E-state index is 0.425.